The maximum absolute atomic E-state index is 11.8. The van der Waals surface area contributed by atoms with Gasteiger partial charge in [0.25, 0.3) is 0 Å². The van der Waals surface area contributed by atoms with Gasteiger partial charge in [0.05, 0.1) is 12.2 Å². The van der Waals surface area contributed by atoms with Crippen molar-refractivity contribution in [2.45, 2.75) is 126 Å². The van der Waals surface area contributed by atoms with E-state index < -0.39 is 5.41 Å². The zero-order valence-corrected chi connectivity index (χ0v) is 25.2. The molecular formula is C29H60N2O5. The zero-order valence-electron chi connectivity index (χ0n) is 25.2. The molecular weight excluding hydrogens is 456 g/mol. The molecule has 0 aromatic rings. The van der Waals surface area contributed by atoms with Gasteiger partial charge in [0.1, 0.15) is 0 Å². The SMILES string of the molecule is CC(C)(CO)CCC(C)(C)C(N)=O.CC(C)CCOC(C)CCNC(=O)CCC(C)OCCC(C)C. The van der Waals surface area contributed by atoms with E-state index in [1.165, 1.54) is 0 Å². The maximum atomic E-state index is 11.8. The van der Waals surface area contributed by atoms with Crippen molar-refractivity contribution in [2.75, 3.05) is 26.4 Å². The van der Waals surface area contributed by atoms with Crippen molar-refractivity contribution < 1.29 is 24.2 Å². The largest absolute Gasteiger partial charge is 0.396 e. The van der Waals surface area contributed by atoms with E-state index >= 15 is 0 Å². The first-order valence-corrected chi connectivity index (χ1v) is 13.9. The van der Waals surface area contributed by atoms with Gasteiger partial charge in [-0.25, -0.2) is 0 Å². The van der Waals surface area contributed by atoms with Gasteiger partial charge in [0, 0.05) is 38.2 Å². The predicted molar refractivity (Wildman–Crippen MR) is 150 cm³/mol. The summed E-state index contributed by atoms with van der Waals surface area (Å²) in [6, 6.07) is 0. The van der Waals surface area contributed by atoms with Crippen LogP contribution in [-0.4, -0.2) is 55.5 Å². The highest BCUT2D eigenvalue weighted by atomic mass is 16.5. The minimum atomic E-state index is -0.466. The van der Waals surface area contributed by atoms with Gasteiger partial charge in [0.2, 0.25) is 11.8 Å². The Balaban J connectivity index is 0. The topological polar surface area (TPSA) is 111 Å². The van der Waals surface area contributed by atoms with Crippen LogP contribution in [0.1, 0.15) is 114 Å². The molecule has 0 heterocycles. The van der Waals surface area contributed by atoms with Crippen LogP contribution >= 0.6 is 0 Å². The summed E-state index contributed by atoms with van der Waals surface area (Å²) in [6.07, 6.45) is 6.22. The van der Waals surface area contributed by atoms with Crippen LogP contribution in [0.4, 0.5) is 0 Å². The van der Waals surface area contributed by atoms with E-state index in [9.17, 15) is 9.59 Å². The number of primary amides is 1. The van der Waals surface area contributed by atoms with Crippen molar-refractivity contribution in [1.82, 2.24) is 5.32 Å². The number of ether oxygens (including phenoxy) is 2. The van der Waals surface area contributed by atoms with E-state index in [2.05, 4.69) is 39.9 Å². The van der Waals surface area contributed by atoms with Crippen molar-refractivity contribution in [3.8, 4) is 0 Å². The van der Waals surface area contributed by atoms with E-state index in [0.29, 0.717) is 24.8 Å². The smallest absolute Gasteiger partial charge is 0.223 e. The molecule has 0 rings (SSSR count). The molecule has 0 aliphatic heterocycles. The highest BCUT2D eigenvalue weighted by Gasteiger charge is 2.28. The summed E-state index contributed by atoms with van der Waals surface area (Å²) in [5, 5.41) is 12.0. The average Bonchev–Trinajstić information content (AvgIpc) is 2.76. The first-order chi connectivity index (χ1) is 16.5. The molecule has 0 saturated carbocycles. The normalized spacial score (nSPS) is 13.8. The van der Waals surface area contributed by atoms with Gasteiger partial charge in [0.15, 0.2) is 0 Å². The van der Waals surface area contributed by atoms with Gasteiger partial charge in [-0.05, 0) is 69.6 Å². The van der Waals surface area contributed by atoms with Gasteiger partial charge in [-0.3, -0.25) is 9.59 Å². The number of aliphatic hydroxyl groups excluding tert-OH is 1. The van der Waals surface area contributed by atoms with Crippen LogP contribution in [0, 0.1) is 22.7 Å². The highest BCUT2D eigenvalue weighted by Crippen LogP contribution is 2.30. The molecule has 0 aliphatic rings. The number of amides is 2. The molecule has 0 aromatic heterocycles. The molecule has 4 N–H and O–H groups in total. The lowest BCUT2D eigenvalue weighted by atomic mass is 9.79. The summed E-state index contributed by atoms with van der Waals surface area (Å²) in [6.45, 7) is 22.9. The summed E-state index contributed by atoms with van der Waals surface area (Å²) in [5.74, 6) is 1.17. The summed E-state index contributed by atoms with van der Waals surface area (Å²) in [7, 11) is 0. The second-order valence-corrected chi connectivity index (χ2v) is 12.5. The molecule has 216 valence electrons. The van der Waals surface area contributed by atoms with Crippen LogP contribution < -0.4 is 11.1 Å². The molecule has 0 saturated heterocycles. The van der Waals surface area contributed by atoms with Crippen LogP contribution in [0.15, 0.2) is 0 Å². The molecule has 2 atom stereocenters. The minimum Gasteiger partial charge on any atom is -0.396 e. The van der Waals surface area contributed by atoms with Crippen molar-refractivity contribution in [3.05, 3.63) is 0 Å². The average molecular weight is 517 g/mol. The Morgan fingerprint density at radius 1 is 0.806 bits per heavy atom. The van der Waals surface area contributed by atoms with Crippen LogP contribution in [0.25, 0.3) is 0 Å². The quantitative estimate of drug-likeness (QED) is 0.211. The van der Waals surface area contributed by atoms with E-state index in [1.54, 1.807) is 0 Å². The molecule has 0 aliphatic carbocycles. The van der Waals surface area contributed by atoms with E-state index in [1.807, 2.05) is 34.6 Å². The number of carbonyl (C=O) groups is 2. The molecule has 0 bridgehead atoms. The van der Waals surface area contributed by atoms with E-state index in [0.717, 1.165) is 51.7 Å². The lowest BCUT2D eigenvalue weighted by molar-refractivity contribution is -0.126. The lowest BCUT2D eigenvalue weighted by Crippen LogP contribution is -2.33. The molecule has 0 radical (unpaired) electrons. The third-order valence-corrected chi connectivity index (χ3v) is 6.37. The van der Waals surface area contributed by atoms with Gasteiger partial charge < -0.3 is 25.6 Å². The van der Waals surface area contributed by atoms with Crippen molar-refractivity contribution in [1.29, 1.82) is 0 Å². The molecule has 0 aromatic carbocycles. The van der Waals surface area contributed by atoms with Gasteiger partial charge in [-0.1, -0.05) is 55.4 Å². The van der Waals surface area contributed by atoms with Crippen molar-refractivity contribution in [2.24, 2.45) is 28.4 Å². The minimum absolute atomic E-state index is 0.110. The Bertz CT molecular complexity index is 576. The Morgan fingerprint density at radius 3 is 1.69 bits per heavy atom. The molecule has 7 heteroatoms. The number of hydrogen-bond acceptors (Lipinski definition) is 5. The lowest BCUT2D eigenvalue weighted by Gasteiger charge is -2.27. The second kappa shape index (κ2) is 19.9. The maximum Gasteiger partial charge on any atom is 0.223 e. The Labute approximate surface area is 222 Å². The van der Waals surface area contributed by atoms with Crippen LogP contribution in [-0.2, 0) is 19.1 Å². The van der Waals surface area contributed by atoms with Gasteiger partial charge in [-0.15, -0.1) is 0 Å². The van der Waals surface area contributed by atoms with E-state index in [4.69, 9.17) is 20.3 Å². The first kappa shape index (κ1) is 37.0. The number of aliphatic hydroxyl groups is 1. The molecule has 0 spiro atoms. The Hall–Kier alpha value is -1.18. The monoisotopic (exact) mass is 516 g/mol. The van der Waals surface area contributed by atoms with Crippen LogP contribution in [0.5, 0.6) is 0 Å². The second-order valence-electron chi connectivity index (χ2n) is 12.5. The zero-order chi connectivity index (χ0) is 28.4. The molecule has 2 amide bonds. The predicted octanol–water partition coefficient (Wildman–Crippen LogP) is 5.47. The van der Waals surface area contributed by atoms with Crippen LogP contribution in [0.2, 0.25) is 0 Å². The molecule has 2 unspecified atom stereocenters. The third kappa shape index (κ3) is 23.2. The van der Waals surface area contributed by atoms with Crippen LogP contribution in [0.3, 0.4) is 0 Å². The summed E-state index contributed by atoms with van der Waals surface area (Å²) in [4.78, 5) is 22.8. The summed E-state index contributed by atoms with van der Waals surface area (Å²) < 4.78 is 11.4. The van der Waals surface area contributed by atoms with Gasteiger partial charge in [-0.2, -0.15) is 0 Å². The number of nitrogens with two attached hydrogens (primary N) is 1. The molecule has 36 heavy (non-hydrogen) atoms. The number of hydrogen-bond donors (Lipinski definition) is 3. The fraction of sp³-hybridized carbons (Fsp3) is 0.931. The standard InChI is InChI=1S/C19H39NO3.C10H21NO2/c1-15(2)10-13-22-17(5)7-8-19(21)20-12-9-18(6)23-14-11-16(3)4;1-9(2,7-12)5-6-10(3,4)8(11)13/h15-18H,7-14H2,1-6H3,(H,20,21);12H,5-7H2,1-4H3,(H2,11,13). The molecule has 7 nitrogen and oxygen atoms in total. The highest BCUT2D eigenvalue weighted by molar-refractivity contribution is 5.79. The fourth-order valence-electron chi connectivity index (χ4n) is 2.87. The number of nitrogens with one attached hydrogen (secondary N) is 1. The number of carbonyl (C=O) groups excluding carboxylic acids is 2. The molecule has 0 fully saturated rings. The Kier molecular flexibility index (Phi) is 20.4. The van der Waals surface area contributed by atoms with E-state index in [-0.39, 0.29) is 36.0 Å². The first-order valence-electron chi connectivity index (χ1n) is 13.9. The Morgan fingerprint density at radius 2 is 1.28 bits per heavy atom. The third-order valence-electron chi connectivity index (χ3n) is 6.37. The summed E-state index contributed by atoms with van der Waals surface area (Å²) in [5.41, 5.74) is 4.66. The van der Waals surface area contributed by atoms with Gasteiger partial charge >= 0.3 is 0 Å². The van der Waals surface area contributed by atoms with Crippen molar-refractivity contribution >= 4 is 11.8 Å². The van der Waals surface area contributed by atoms with Crippen molar-refractivity contribution in [3.63, 3.8) is 0 Å². The summed E-state index contributed by atoms with van der Waals surface area (Å²) >= 11 is 0. The number of rotatable bonds is 19. The fourth-order valence-corrected chi connectivity index (χ4v) is 2.87.